The van der Waals surface area contributed by atoms with E-state index >= 15 is 0 Å². The van der Waals surface area contributed by atoms with Crippen LogP contribution in [0.2, 0.25) is 0 Å². The normalized spacial score (nSPS) is 16.8. The van der Waals surface area contributed by atoms with E-state index in [0.717, 1.165) is 11.4 Å². The first-order valence-corrected chi connectivity index (χ1v) is 5.30. The van der Waals surface area contributed by atoms with Crippen molar-refractivity contribution >= 4 is 0 Å². The molecule has 0 aliphatic carbocycles. The molecule has 1 aromatic rings. The van der Waals surface area contributed by atoms with Crippen molar-refractivity contribution in [3.63, 3.8) is 0 Å². The fraction of sp³-hybridized carbons (Fsp3) is 0.636. The molecule has 1 aromatic heterocycles. The van der Waals surface area contributed by atoms with Gasteiger partial charge in [-0.15, -0.1) is 0 Å². The number of aromatic nitrogens is 2. The zero-order valence-electron chi connectivity index (χ0n) is 9.94. The van der Waals surface area contributed by atoms with E-state index in [1.807, 2.05) is 13.8 Å². The van der Waals surface area contributed by atoms with E-state index in [9.17, 15) is 5.11 Å². The van der Waals surface area contributed by atoms with E-state index in [2.05, 4.69) is 15.3 Å². The molecule has 0 radical (unpaired) electrons. The fourth-order valence-corrected chi connectivity index (χ4v) is 1.37. The highest BCUT2D eigenvalue weighted by Gasteiger charge is 2.20. The molecular weight excluding hydrogens is 206 g/mol. The third-order valence-corrected chi connectivity index (χ3v) is 2.46. The topological polar surface area (TPSA) is 78.3 Å². The summed E-state index contributed by atoms with van der Waals surface area (Å²) in [4.78, 5) is 8.39. The highest BCUT2D eigenvalue weighted by molar-refractivity contribution is 5.12. The van der Waals surface area contributed by atoms with E-state index in [1.54, 1.807) is 19.3 Å². The Labute approximate surface area is 95.6 Å². The lowest BCUT2D eigenvalue weighted by Gasteiger charge is -2.23. The molecule has 3 N–H and O–H groups in total. The maximum absolute atomic E-state index is 9.64. The van der Waals surface area contributed by atoms with Crippen LogP contribution in [0.25, 0.3) is 0 Å². The van der Waals surface area contributed by atoms with Crippen molar-refractivity contribution in [3.8, 4) is 0 Å². The van der Waals surface area contributed by atoms with Crippen LogP contribution in [0, 0.1) is 6.92 Å². The van der Waals surface area contributed by atoms with Crippen molar-refractivity contribution in [3.05, 3.63) is 23.8 Å². The molecule has 16 heavy (non-hydrogen) atoms. The van der Waals surface area contributed by atoms with Gasteiger partial charge in [-0.3, -0.25) is 9.97 Å². The minimum absolute atomic E-state index is 0.00766. The second-order valence-corrected chi connectivity index (χ2v) is 4.28. The molecular formula is C11H19N3O2. The van der Waals surface area contributed by atoms with Gasteiger partial charge in [-0.05, 0) is 20.8 Å². The summed E-state index contributed by atoms with van der Waals surface area (Å²) in [6.45, 7) is 5.46. The maximum Gasteiger partial charge on any atom is 0.0973 e. The monoisotopic (exact) mass is 225 g/mol. The zero-order chi connectivity index (χ0) is 12.2. The van der Waals surface area contributed by atoms with Crippen LogP contribution in [0.5, 0.6) is 0 Å². The van der Waals surface area contributed by atoms with E-state index in [4.69, 9.17) is 5.11 Å². The number of nitrogens with zero attached hydrogens (tertiary/aromatic N) is 2. The summed E-state index contributed by atoms with van der Waals surface area (Å²) in [6.07, 6.45) is 3.29. The predicted molar refractivity (Wildman–Crippen MR) is 60.9 cm³/mol. The summed E-state index contributed by atoms with van der Waals surface area (Å²) >= 11 is 0. The average Bonchev–Trinajstić information content (AvgIpc) is 2.27. The first-order valence-electron chi connectivity index (χ1n) is 5.30. The van der Waals surface area contributed by atoms with Crippen molar-refractivity contribution in [2.24, 2.45) is 0 Å². The smallest absolute Gasteiger partial charge is 0.0973 e. The molecule has 0 saturated carbocycles. The molecule has 0 spiro atoms. The summed E-state index contributed by atoms with van der Waals surface area (Å²) < 4.78 is 0. The number of aliphatic hydroxyl groups is 2. The third kappa shape index (κ3) is 3.52. The van der Waals surface area contributed by atoms with E-state index in [-0.39, 0.29) is 12.6 Å². The maximum atomic E-state index is 9.64. The van der Waals surface area contributed by atoms with Gasteiger partial charge in [-0.1, -0.05) is 0 Å². The molecule has 0 aliphatic rings. The van der Waals surface area contributed by atoms with Gasteiger partial charge in [0.1, 0.15) is 0 Å². The Morgan fingerprint density at radius 1 is 1.44 bits per heavy atom. The quantitative estimate of drug-likeness (QED) is 0.666. The number of aliphatic hydroxyl groups excluding tert-OH is 1. The molecule has 0 aliphatic heterocycles. The van der Waals surface area contributed by atoms with Crippen LogP contribution in [0.15, 0.2) is 12.4 Å². The van der Waals surface area contributed by atoms with Crippen LogP contribution in [0.3, 0.4) is 0 Å². The molecule has 0 amide bonds. The molecule has 0 saturated heterocycles. The Morgan fingerprint density at radius 2 is 2.06 bits per heavy atom. The number of hydrogen-bond acceptors (Lipinski definition) is 5. The summed E-state index contributed by atoms with van der Waals surface area (Å²) in [5.74, 6) is 0. The SMILES string of the molecule is Cc1nccnc1C(C)NCC(C)(O)CO. The van der Waals surface area contributed by atoms with Gasteiger partial charge >= 0.3 is 0 Å². The minimum Gasteiger partial charge on any atom is -0.393 e. The van der Waals surface area contributed by atoms with Crippen LogP contribution < -0.4 is 5.32 Å². The van der Waals surface area contributed by atoms with Crippen LogP contribution in [0.1, 0.15) is 31.3 Å². The number of nitrogens with one attached hydrogen (secondary N) is 1. The zero-order valence-corrected chi connectivity index (χ0v) is 9.94. The van der Waals surface area contributed by atoms with Gasteiger partial charge in [0.2, 0.25) is 0 Å². The molecule has 0 bridgehead atoms. The first-order chi connectivity index (χ1) is 7.46. The first kappa shape index (κ1) is 13.0. The van der Waals surface area contributed by atoms with Gasteiger partial charge in [0.05, 0.1) is 23.6 Å². The van der Waals surface area contributed by atoms with Gasteiger partial charge in [0.15, 0.2) is 0 Å². The number of rotatable bonds is 5. The molecule has 0 aromatic carbocycles. The summed E-state index contributed by atoms with van der Waals surface area (Å²) in [5, 5.41) is 21.7. The lowest BCUT2D eigenvalue weighted by Crippen LogP contribution is -2.42. The molecule has 1 heterocycles. The third-order valence-electron chi connectivity index (χ3n) is 2.46. The number of hydrogen-bond donors (Lipinski definition) is 3. The fourth-order valence-electron chi connectivity index (χ4n) is 1.37. The minimum atomic E-state index is -1.11. The largest absolute Gasteiger partial charge is 0.393 e. The molecule has 2 unspecified atom stereocenters. The van der Waals surface area contributed by atoms with Crippen molar-refractivity contribution < 1.29 is 10.2 Å². The van der Waals surface area contributed by atoms with Gasteiger partial charge in [-0.25, -0.2) is 0 Å². The Kier molecular flexibility index (Phi) is 4.35. The van der Waals surface area contributed by atoms with Gasteiger partial charge in [0.25, 0.3) is 0 Å². The van der Waals surface area contributed by atoms with Crippen LogP contribution >= 0.6 is 0 Å². The van der Waals surface area contributed by atoms with Crippen LogP contribution in [-0.2, 0) is 0 Å². The lowest BCUT2D eigenvalue weighted by atomic mass is 10.1. The van der Waals surface area contributed by atoms with Gasteiger partial charge in [0, 0.05) is 25.0 Å². The second kappa shape index (κ2) is 5.34. The Bertz CT molecular complexity index is 342. The highest BCUT2D eigenvalue weighted by atomic mass is 16.3. The molecule has 5 nitrogen and oxygen atoms in total. The van der Waals surface area contributed by atoms with Gasteiger partial charge < -0.3 is 15.5 Å². The Balaban J connectivity index is 2.60. The van der Waals surface area contributed by atoms with E-state index in [1.165, 1.54) is 0 Å². The van der Waals surface area contributed by atoms with E-state index < -0.39 is 5.60 Å². The van der Waals surface area contributed by atoms with Crippen molar-refractivity contribution in [2.45, 2.75) is 32.4 Å². The Morgan fingerprint density at radius 3 is 2.62 bits per heavy atom. The lowest BCUT2D eigenvalue weighted by molar-refractivity contribution is 0.000956. The predicted octanol–water partition coefficient (Wildman–Crippen LogP) is 0.179. The van der Waals surface area contributed by atoms with Crippen LogP contribution in [0.4, 0.5) is 0 Å². The molecule has 0 fully saturated rings. The Hall–Kier alpha value is -1.04. The van der Waals surface area contributed by atoms with Gasteiger partial charge in [-0.2, -0.15) is 0 Å². The molecule has 1 rings (SSSR count). The summed E-state index contributed by atoms with van der Waals surface area (Å²) in [5.41, 5.74) is 0.618. The highest BCUT2D eigenvalue weighted by Crippen LogP contribution is 2.12. The van der Waals surface area contributed by atoms with Crippen molar-refractivity contribution in [1.82, 2.24) is 15.3 Å². The summed E-state index contributed by atoms with van der Waals surface area (Å²) in [7, 11) is 0. The second-order valence-electron chi connectivity index (χ2n) is 4.28. The summed E-state index contributed by atoms with van der Waals surface area (Å²) in [6, 6.07) is -0.00766. The molecule has 2 atom stereocenters. The molecule has 5 heteroatoms. The molecule has 90 valence electrons. The standard InChI is InChI=1S/C11H19N3O2/c1-8-10(13-5-4-12-8)9(2)14-6-11(3,16)7-15/h4-5,9,14-16H,6-7H2,1-3H3. The average molecular weight is 225 g/mol. The van der Waals surface area contributed by atoms with Crippen LogP contribution in [-0.4, -0.2) is 38.9 Å². The number of aryl methyl sites for hydroxylation is 1. The van der Waals surface area contributed by atoms with Crippen molar-refractivity contribution in [1.29, 1.82) is 0 Å². The van der Waals surface area contributed by atoms with E-state index in [0.29, 0.717) is 6.54 Å². The van der Waals surface area contributed by atoms with Crippen molar-refractivity contribution in [2.75, 3.05) is 13.2 Å².